The number of nitrogens with one attached hydrogen (secondary N) is 1. The Bertz CT molecular complexity index is 329. The van der Waals surface area contributed by atoms with E-state index in [2.05, 4.69) is 5.32 Å². The van der Waals surface area contributed by atoms with Gasteiger partial charge in [-0.15, -0.1) is 0 Å². The van der Waals surface area contributed by atoms with Crippen molar-refractivity contribution in [2.45, 2.75) is 38.2 Å². The molecule has 0 spiro atoms. The quantitative estimate of drug-likeness (QED) is 0.612. The van der Waals surface area contributed by atoms with Gasteiger partial charge in [0, 0.05) is 26.7 Å². The molecule has 0 aromatic carbocycles. The molecule has 1 aliphatic carbocycles. The maximum Gasteiger partial charge on any atom is 0.404 e. The Kier molecular flexibility index (Phi) is 8.07. The minimum atomic E-state index is -0.982. The summed E-state index contributed by atoms with van der Waals surface area (Å²) in [4.78, 5) is 23.8. The maximum atomic E-state index is 11.8. The van der Waals surface area contributed by atoms with Gasteiger partial charge in [0.1, 0.15) is 6.61 Å². The van der Waals surface area contributed by atoms with Gasteiger partial charge in [-0.3, -0.25) is 4.79 Å². The van der Waals surface area contributed by atoms with Crippen molar-refractivity contribution in [3.05, 3.63) is 0 Å². The monoisotopic (exact) mass is 302 g/mol. The molecule has 0 saturated heterocycles. The van der Waals surface area contributed by atoms with Crippen molar-refractivity contribution in [2.24, 2.45) is 5.92 Å². The number of nitrogens with zero attached hydrogens (tertiary/aromatic N) is 1. The summed E-state index contributed by atoms with van der Waals surface area (Å²) in [7, 11) is 1.70. The minimum Gasteiger partial charge on any atom is -0.465 e. The second-order valence-corrected chi connectivity index (χ2v) is 5.53. The molecule has 0 aromatic heterocycles. The first-order valence-electron chi connectivity index (χ1n) is 7.46. The largest absolute Gasteiger partial charge is 0.465 e. The number of carbonyl (C=O) groups is 2. The zero-order chi connectivity index (χ0) is 15.7. The Morgan fingerprint density at radius 3 is 2.52 bits per heavy atom. The topological polar surface area (TPSA) is 99.1 Å². The second kappa shape index (κ2) is 9.57. The lowest BCUT2D eigenvalue weighted by Crippen LogP contribution is -2.35. The molecule has 0 atom stereocenters. The van der Waals surface area contributed by atoms with E-state index in [1.807, 2.05) is 0 Å². The fraction of sp³-hybridized carbons (Fsp3) is 0.857. The van der Waals surface area contributed by atoms with E-state index >= 15 is 0 Å². The van der Waals surface area contributed by atoms with Gasteiger partial charge in [0.15, 0.2) is 0 Å². The van der Waals surface area contributed by atoms with E-state index in [0.717, 1.165) is 25.7 Å². The van der Waals surface area contributed by atoms with Crippen LogP contribution in [0.25, 0.3) is 0 Å². The highest BCUT2D eigenvalue weighted by Crippen LogP contribution is 2.25. The van der Waals surface area contributed by atoms with E-state index in [4.69, 9.17) is 14.9 Å². The van der Waals surface area contributed by atoms with Crippen LogP contribution < -0.4 is 5.32 Å². The number of rotatable bonds is 8. The van der Waals surface area contributed by atoms with Gasteiger partial charge in [0.2, 0.25) is 5.91 Å². The van der Waals surface area contributed by atoms with Crippen molar-refractivity contribution in [3.63, 3.8) is 0 Å². The molecule has 21 heavy (non-hydrogen) atoms. The lowest BCUT2D eigenvalue weighted by Gasteiger charge is -2.28. The number of amides is 2. The summed E-state index contributed by atoms with van der Waals surface area (Å²) in [5.41, 5.74) is 0. The van der Waals surface area contributed by atoms with Crippen LogP contribution in [0.3, 0.4) is 0 Å². The SMILES string of the molecule is CN(CCCO)C(=O)COC1CCC(CNC(=O)O)CC1. The van der Waals surface area contributed by atoms with Crippen LogP contribution in [0.1, 0.15) is 32.1 Å². The number of ether oxygens (including phenoxy) is 1. The lowest BCUT2D eigenvalue weighted by atomic mass is 9.87. The Labute approximate surface area is 125 Å². The number of carbonyl (C=O) groups excluding carboxylic acids is 1. The molecule has 1 saturated carbocycles. The second-order valence-electron chi connectivity index (χ2n) is 5.53. The van der Waals surface area contributed by atoms with Crippen LogP contribution in [0.15, 0.2) is 0 Å². The third-order valence-corrected chi connectivity index (χ3v) is 3.86. The van der Waals surface area contributed by atoms with Crippen LogP contribution >= 0.6 is 0 Å². The molecule has 0 bridgehead atoms. The fourth-order valence-electron chi connectivity index (χ4n) is 2.47. The van der Waals surface area contributed by atoms with E-state index in [0.29, 0.717) is 25.4 Å². The summed E-state index contributed by atoms with van der Waals surface area (Å²) in [6, 6.07) is 0. The third kappa shape index (κ3) is 7.29. The van der Waals surface area contributed by atoms with Crippen molar-refractivity contribution in [2.75, 3.05) is 33.4 Å². The summed E-state index contributed by atoms with van der Waals surface area (Å²) in [5.74, 6) is 0.294. The Balaban J connectivity index is 2.15. The summed E-state index contributed by atoms with van der Waals surface area (Å²) >= 11 is 0. The molecule has 122 valence electrons. The van der Waals surface area contributed by atoms with Gasteiger partial charge in [0.25, 0.3) is 0 Å². The first-order valence-corrected chi connectivity index (χ1v) is 7.46. The molecule has 1 aliphatic rings. The van der Waals surface area contributed by atoms with E-state index in [9.17, 15) is 9.59 Å². The number of carboxylic acid groups (broad SMARTS) is 1. The summed E-state index contributed by atoms with van der Waals surface area (Å²) < 4.78 is 5.63. The Hall–Kier alpha value is -1.34. The number of aliphatic hydroxyl groups is 1. The minimum absolute atomic E-state index is 0.0712. The highest BCUT2D eigenvalue weighted by molar-refractivity contribution is 5.77. The van der Waals surface area contributed by atoms with Crippen LogP contribution in [0, 0.1) is 5.92 Å². The number of likely N-dealkylation sites (N-methyl/N-ethyl adjacent to an activating group) is 1. The molecule has 1 rings (SSSR count). The van der Waals surface area contributed by atoms with E-state index in [-0.39, 0.29) is 25.2 Å². The molecule has 7 heteroatoms. The summed E-state index contributed by atoms with van der Waals surface area (Å²) in [6.45, 7) is 1.18. The summed E-state index contributed by atoms with van der Waals surface area (Å²) in [6.07, 6.45) is 3.23. The standard InChI is InChI=1S/C14H26N2O5/c1-16(7-2-8-17)13(18)10-21-12-5-3-11(4-6-12)9-15-14(19)20/h11-12,15,17H,2-10H2,1H3,(H,19,20). The van der Waals surface area contributed by atoms with Gasteiger partial charge in [-0.1, -0.05) is 0 Å². The van der Waals surface area contributed by atoms with Crippen LogP contribution in [0.4, 0.5) is 4.79 Å². The van der Waals surface area contributed by atoms with Gasteiger partial charge in [-0.05, 0) is 38.0 Å². The Morgan fingerprint density at radius 1 is 1.29 bits per heavy atom. The van der Waals surface area contributed by atoms with Gasteiger partial charge in [-0.2, -0.15) is 0 Å². The van der Waals surface area contributed by atoms with Crippen LogP contribution in [-0.2, 0) is 9.53 Å². The van der Waals surface area contributed by atoms with Crippen molar-refractivity contribution < 1.29 is 24.5 Å². The van der Waals surface area contributed by atoms with Gasteiger partial charge < -0.3 is 25.2 Å². The predicted molar refractivity (Wildman–Crippen MR) is 77.1 cm³/mol. The molecule has 0 aliphatic heterocycles. The van der Waals surface area contributed by atoms with Gasteiger partial charge >= 0.3 is 6.09 Å². The normalized spacial score (nSPS) is 21.8. The number of hydrogen-bond acceptors (Lipinski definition) is 4. The Morgan fingerprint density at radius 2 is 1.95 bits per heavy atom. The molecule has 2 amide bonds. The third-order valence-electron chi connectivity index (χ3n) is 3.86. The molecular formula is C14H26N2O5. The molecule has 7 nitrogen and oxygen atoms in total. The summed E-state index contributed by atoms with van der Waals surface area (Å²) in [5, 5.41) is 19.7. The first-order chi connectivity index (χ1) is 10.0. The molecule has 1 fully saturated rings. The van der Waals surface area contributed by atoms with E-state index in [1.165, 1.54) is 0 Å². The van der Waals surface area contributed by atoms with Crippen molar-refractivity contribution in [1.29, 1.82) is 0 Å². The first kappa shape index (κ1) is 17.7. The smallest absolute Gasteiger partial charge is 0.404 e. The highest BCUT2D eigenvalue weighted by atomic mass is 16.5. The molecular weight excluding hydrogens is 276 g/mol. The maximum absolute atomic E-state index is 11.8. The predicted octanol–water partition coefficient (Wildman–Crippen LogP) is 0.670. The fourth-order valence-corrected chi connectivity index (χ4v) is 2.47. The van der Waals surface area contributed by atoms with Crippen molar-refractivity contribution in [3.8, 4) is 0 Å². The molecule has 3 N–H and O–H groups in total. The average molecular weight is 302 g/mol. The van der Waals surface area contributed by atoms with Gasteiger partial charge in [-0.25, -0.2) is 4.79 Å². The van der Waals surface area contributed by atoms with E-state index < -0.39 is 6.09 Å². The van der Waals surface area contributed by atoms with Crippen molar-refractivity contribution >= 4 is 12.0 Å². The highest BCUT2D eigenvalue weighted by Gasteiger charge is 2.23. The van der Waals surface area contributed by atoms with Crippen LogP contribution in [0.2, 0.25) is 0 Å². The molecule has 0 aromatic rings. The van der Waals surface area contributed by atoms with Crippen LogP contribution in [0.5, 0.6) is 0 Å². The zero-order valence-electron chi connectivity index (χ0n) is 12.6. The van der Waals surface area contributed by atoms with Gasteiger partial charge in [0.05, 0.1) is 6.10 Å². The lowest BCUT2D eigenvalue weighted by molar-refractivity contribution is -0.137. The number of hydrogen-bond donors (Lipinski definition) is 3. The number of aliphatic hydroxyl groups excluding tert-OH is 1. The zero-order valence-corrected chi connectivity index (χ0v) is 12.6. The van der Waals surface area contributed by atoms with E-state index in [1.54, 1.807) is 11.9 Å². The van der Waals surface area contributed by atoms with Crippen LogP contribution in [-0.4, -0.2) is 66.6 Å². The molecule has 0 unspecified atom stereocenters. The molecule has 0 heterocycles. The van der Waals surface area contributed by atoms with Crippen molar-refractivity contribution in [1.82, 2.24) is 10.2 Å². The average Bonchev–Trinajstić information content (AvgIpc) is 2.49. The molecule has 0 radical (unpaired) electrons.